The largest absolute Gasteiger partial charge is 0.328 e. The first kappa shape index (κ1) is 11.2. The molecule has 0 aliphatic heterocycles. The van der Waals surface area contributed by atoms with Crippen molar-refractivity contribution in [2.24, 2.45) is 17.4 Å². The highest BCUT2D eigenvalue weighted by Gasteiger charge is 2.51. The molecule has 0 spiro atoms. The Morgan fingerprint density at radius 3 is 2.65 bits per heavy atom. The molecule has 2 unspecified atom stereocenters. The first-order valence-corrected chi connectivity index (χ1v) is 6.78. The van der Waals surface area contributed by atoms with Crippen molar-refractivity contribution in [2.75, 3.05) is 0 Å². The molecular weight excluding hydrogens is 208 g/mol. The molecule has 17 heavy (non-hydrogen) atoms. The first-order valence-electron chi connectivity index (χ1n) is 6.78. The normalized spacial score (nSPS) is 41.2. The summed E-state index contributed by atoms with van der Waals surface area (Å²) in [5.74, 6) is 1.35. The molecule has 0 bridgehead atoms. The number of benzene rings is 1. The molecule has 1 aromatic rings. The summed E-state index contributed by atoms with van der Waals surface area (Å²) in [5.41, 5.74) is 14.2. The van der Waals surface area contributed by atoms with E-state index in [9.17, 15) is 0 Å². The Labute approximate surface area is 103 Å². The highest BCUT2D eigenvalue weighted by atomic mass is 14.8. The second-order valence-electron chi connectivity index (χ2n) is 5.95. The zero-order chi connectivity index (χ0) is 11.9. The van der Waals surface area contributed by atoms with Crippen molar-refractivity contribution in [2.45, 2.75) is 49.6 Å². The van der Waals surface area contributed by atoms with Crippen LogP contribution in [0.2, 0.25) is 0 Å². The monoisotopic (exact) mass is 230 g/mol. The van der Waals surface area contributed by atoms with E-state index in [2.05, 4.69) is 30.3 Å². The smallest absolute Gasteiger partial charge is 0.0203 e. The van der Waals surface area contributed by atoms with Crippen LogP contribution in [0, 0.1) is 5.92 Å². The van der Waals surface area contributed by atoms with Gasteiger partial charge in [0.05, 0.1) is 0 Å². The van der Waals surface area contributed by atoms with Crippen LogP contribution < -0.4 is 11.5 Å². The van der Waals surface area contributed by atoms with E-state index in [0.29, 0.717) is 17.9 Å². The fourth-order valence-electron chi connectivity index (χ4n) is 3.62. The van der Waals surface area contributed by atoms with Crippen molar-refractivity contribution in [1.82, 2.24) is 0 Å². The molecule has 3 rings (SSSR count). The van der Waals surface area contributed by atoms with E-state index in [0.717, 1.165) is 19.3 Å². The molecule has 0 amide bonds. The van der Waals surface area contributed by atoms with Gasteiger partial charge in [-0.25, -0.2) is 0 Å². The van der Waals surface area contributed by atoms with Gasteiger partial charge in [0.1, 0.15) is 0 Å². The Hall–Kier alpha value is -0.860. The number of hydrogen-bond acceptors (Lipinski definition) is 2. The number of nitrogens with two attached hydrogens (primary N) is 2. The molecule has 2 aliphatic rings. The van der Waals surface area contributed by atoms with E-state index in [1.54, 1.807) is 0 Å². The van der Waals surface area contributed by atoms with E-state index in [4.69, 9.17) is 11.5 Å². The van der Waals surface area contributed by atoms with Gasteiger partial charge >= 0.3 is 0 Å². The van der Waals surface area contributed by atoms with Gasteiger partial charge < -0.3 is 11.5 Å². The Bertz CT molecular complexity index is 389. The van der Waals surface area contributed by atoms with Gasteiger partial charge in [0.15, 0.2) is 0 Å². The zero-order valence-electron chi connectivity index (χ0n) is 10.3. The van der Waals surface area contributed by atoms with Crippen LogP contribution in [0.4, 0.5) is 0 Å². The van der Waals surface area contributed by atoms with Crippen LogP contribution in [0.5, 0.6) is 0 Å². The van der Waals surface area contributed by atoms with Gasteiger partial charge in [0.25, 0.3) is 0 Å². The number of rotatable bonds is 2. The predicted octanol–water partition coefficient (Wildman–Crippen LogP) is 2.39. The molecule has 0 aromatic heterocycles. The van der Waals surface area contributed by atoms with Gasteiger partial charge in [-0.15, -0.1) is 0 Å². The van der Waals surface area contributed by atoms with E-state index < -0.39 is 0 Å². The van der Waals surface area contributed by atoms with Crippen LogP contribution >= 0.6 is 0 Å². The Kier molecular flexibility index (Phi) is 2.72. The van der Waals surface area contributed by atoms with Crippen molar-refractivity contribution >= 4 is 0 Å². The topological polar surface area (TPSA) is 52.0 Å². The summed E-state index contributed by atoms with van der Waals surface area (Å²) in [6.45, 7) is 0. The summed E-state index contributed by atoms with van der Waals surface area (Å²) in [6, 6.07) is 11.1. The van der Waals surface area contributed by atoms with Crippen LogP contribution in [0.1, 0.15) is 43.6 Å². The van der Waals surface area contributed by atoms with Gasteiger partial charge in [-0.3, -0.25) is 0 Å². The Morgan fingerprint density at radius 2 is 1.94 bits per heavy atom. The van der Waals surface area contributed by atoms with E-state index >= 15 is 0 Å². The molecule has 4 atom stereocenters. The SMILES string of the molecule is NC1CCCC(N)([C@@H]2C[C@H]2c2ccccc2)C1. The maximum atomic E-state index is 6.60. The van der Waals surface area contributed by atoms with Crippen LogP contribution in [0.15, 0.2) is 30.3 Å². The average molecular weight is 230 g/mol. The Balaban J connectivity index is 1.72. The molecule has 2 aliphatic carbocycles. The average Bonchev–Trinajstić information content (AvgIpc) is 3.10. The molecule has 4 N–H and O–H groups in total. The summed E-state index contributed by atoms with van der Waals surface area (Å²) in [7, 11) is 0. The lowest BCUT2D eigenvalue weighted by atomic mass is 9.76. The van der Waals surface area contributed by atoms with Crippen molar-refractivity contribution < 1.29 is 0 Å². The molecule has 0 radical (unpaired) electrons. The summed E-state index contributed by atoms with van der Waals surface area (Å²) >= 11 is 0. The molecule has 0 saturated heterocycles. The summed E-state index contributed by atoms with van der Waals surface area (Å²) in [4.78, 5) is 0. The van der Waals surface area contributed by atoms with Gasteiger partial charge in [-0.05, 0) is 43.1 Å². The summed E-state index contributed by atoms with van der Waals surface area (Å²) in [6.07, 6.45) is 5.79. The molecule has 0 heterocycles. The van der Waals surface area contributed by atoms with Gasteiger partial charge in [-0.2, -0.15) is 0 Å². The predicted molar refractivity (Wildman–Crippen MR) is 70.7 cm³/mol. The van der Waals surface area contributed by atoms with Crippen molar-refractivity contribution in [3.05, 3.63) is 35.9 Å². The fourth-order valence-corrected chi connectivity index (χ4v) is 3.62. The minimum Gasteiger partial charge on any atom is -0.328 e. The summed E-state index contributed by atoms with van der Waals surface area (Å²) < 4.78 is 0. The van der Waals surface area contributed by atoms with E-state index in [1.807, 2.05) is 0 Å². The van der Waals surface area contributed by atoms with Crippen molar-refractivity contribution in [1.29, 1.82) is 0 Å². The van der Waals surface area contributed by atoms with E-state index in [-0.39, 0.29) is 5.54 Å². The number of hydrogen-bond donors (Lipinski definition) is 2. The second kappa shape index (κ2) is 4.11. The van der Waals surface area contributed by atoms with E-state index in [1.165, 1.54) is 18.4 Å². The lowest BCUT2D eigenvalue weighted by Crippen LogP contribution is -2.50. The van der Waals surface area contributed by atoms with Gasteiger partial charge in [0, 0.05) is 11.6 Å². The molecule has 1 aromatic carbocycles. The maximum Gasteiger partial charge on any atom is 0.0203 e. The minimum absolute atomic E-state index is 0.0121. The van der Waals surface area contributed by atoms with Crippen LogP contribution in [0.25, 0.3) is 0 Å². The summed E-state index contributed by atoms with van der Waals surface area (Å²) in [5, 5.41) is 0. The minimum atomic E-state index is 0.0121. The molecule has 92 valence electrons. The van der Waals surface area contributed by atoms with Crippen molar-refractivity contribution in [3.63, 3.8) is 0 Å². The Morgan fingerprint density at radius 1 is 1.18 bits per heavy atom. The molecule has 2 nitrogen and oxygen atoms in total. The lowest BCUT2D eigenvalue weighted by Gasteiger charge is -2.37. The van der Waals surface area contributed by atoms with Crippen LogP contribution in [-0.4, -0.2) is 11.6 Å². The molecule has 2 heteroatoms. The zero-order valence-corrected chi connectivity index (χ0v) is 10.3. The fraction of sp³-hybridized carbons (Fsp3) is 0.600. The lowest BCUT2D eigenvalue weighted by molar-refractivity contribution is 0.235. The highest BCUT2D eigenvalue weighted by Crippen LogP contribution is 2.55. The first-order chi connectivity index (χ1) is 8.19. The van der Waals surface area contributed by atoms with Crippen LogP contribution in [0.3, 0.4) is 0 Å². The van der Waals surface area contributed by atoms with Crippen molar-refractivity contribution in [3.8, 4) is 0 Å². The quantitative estimate of drug-likeness (QED) is 0.819. The third-order valence-electron chi connectivity index (χ3n) is 4.62. The molecule has 2 fully saturated rings. The third-order valence-corrected chi connectivity index (χ3v) is 4.62. The standard InChI is InChI=1S/C15H22N2/c16-12-7-4-8-15(17,10-12)14-9-13(14)11-5-2-1-3-6-11/h1-3,5-6,12-14H,4,7-10,16-17H2/t12?,13-,14+,15?/m0/s1. The van der Waals surface area contributed by atoms with Gasteiger partial charge in [-0.1, -0.05) is 36.8 Å². The van der Waals surface area contributed by atoms with Crippen LogP contribution in [-0.2, 0) is 0 Å². The third kappa shape index (κ3) is 2.12. The maximum absolute atomic E-state index is 6.60. The molecular formula is C15H22N2. The highest BCUT2D eigenvalue weighted by molar-refractivity contribution is 5.28. The second-order valence-corrected chi connectivity index (χ2v) is 5.95. The molecule has 2 saturated carbocycles. The van der Waals surface area contributed by atoms with Gasteiger partial charge in [0.2, 0.25) is 0 Å².